The summed E-state index contributed by atoms with van der Waals surface area (Å²) in [5.74, 6) is 4.16. The molecule has 4 aromatic rings. The zero-order valence-electron chi connectivity index (χ0n) is 61.4. The van der Waals surface area contributed by atoms with Crippen molar-refractivity contribution in [2.75, 3.05) is 86.5 Å². The van der Waals surface area contributed by atoms with E-state index in [9.17, 15) is 53.7 Å². The van der Waals surface area contributed by atoms with Gasteiger partial charge >= 0.3 is 15.5 Å². The number of alkyl halides is 3. The van der Waals surface area contributed by atoms with E-state index in [1.165, 1.54) is 79.1 Å². The molecule has 580 valence electrons. The Morgan fingerprint density at radius 1 is 0.467 bits per heavy atom. The van der Waals surface area contributed by atoms with Gasteiger partial charge in [0.25, 0.3) is 0 Å². The van der Waals surface area contributed by atoms with E-state index in [0.717, 1.165) is 134 Å². The molecule has 0 amide bonds. The average Bonchev–Trinajstić information content (AvgIpc) is 1.39. The molecule has 18 atom stereocenters. The molecular formula is C80H101F3N6O15S3. The van der Waals surface area contributed by atoms with E-state index in [1.807, 2.05) is 16.9 Å². The van der Waals surface area contributed by atoms with Gasteiger partial charge in [0.1, 0.15) is 35.1 Å². The van der Waals surface area contributed by atoms with Crippen LogP contribution in [0.25, 0.3) is 0 Å². The number of methoxy groups -OCH3 is 3. The first-order chi connectivity index (χ1) is 51.1. The maximum atomic E-state index is 13.2. The fourth-order valence-corrected chi connectivity index (χ4v) is 30.0. The summed E-state index contributed by atoms with van der Waals surface area (Å²) in [7, 11) is -7.35. The summed E-state index contributed by atoms with van der Waals surface area (Å²) in [6, 6.07) is 21.1. The largest absolute Gasteiger partial charge is 0.511 e. The number of piperidine rings is 3. The van der Waals surface area contributed by atoms with Crippen molar-refractivity contribution in [2.24, 2.45) is 51.8 Å². The highest BCUT2D eigenvalue weighted by Crippen LogP contribution is 2.81. The van der Waals surface area contributed by atoms with Gasteiger partial charge in [0.15, 0.2) is 34.5 Å². The number of hydrogen-bond acceptors (Lipinski definition) is 18. The minimum atomic E-state index is -5.48. The van der Waals surface area contributed by atoms with Crippen molar-refractivity contribution < 1.29 is 82.2 Å². The number of halogens is 3. The molecule has 12 bridgehead atoms. The number of rotatable bonds is 19. The molecule has 6 heterocycles. The molecule has 107 heavy (non-hydrogen) atoms. The van der Waals surface area contributed by atoms with E-state index in [1.54, 1.807) is 63.8 Å². The second-order valence-electron chi connectivity index (χ2n) is 36.2. The van der Waals surface area contributed by atoms with Gasteiger partial charge in [-0.25, -0.2) is 39.4 Å². The number of likely N-dealkylation sites (tertiary alicyclic amines) is 3. The molecule has 27 heteroatoms. The van der Waals surface area contributed by atoms with Gasteiger partial charge in [-0.3, -0.25) is 14.7 Å². The molecule has 15 fully saturated rings. The van der Waals surface area contributed by atoms with Crippen LogP contribution in [0, 0.1) is 51.8 Å². The van der Waals surface area contributed by atoms with Gasteiger partial charge in [-0.05, 0) is 219 Å². The van der Waals surface area contributed by atoms with E-state index in [-0.39, 0.29) is 85.8 Å². The van der Waals surface area contributed by atoms with Crippen LogP contribution in [0.2, 0.25) is 0 Å². The maximum Gasteiger partial charge on any atom is 0.511 e. The number of benzene rings is 4. The predicted octanol–water partition coefficient (Wildman–Crippen LogP) is 8.82. The van der Waals surface area contributed by atoms with Crippen LogP contribution in [-0.4, -0.2) is 201 Å². The zero-order valence-corrected chi connectivity index (χ0v) is 63.9. The van der Waals surface area contributed by atoms with Crippen LogP contribution in [0.3, 0.4) is 0 Å². The van der Waals surface area contributed by atoms with Crippen molar-refractivity contribution >= 4 is 30.1 Å². The Hall–Kier alpha value is -5.04. The van der Waals surface area contributed by atoms with Gasteiger partial charge in [-0.2, -0.15) is 13.2 Å². The Labute approximate surface area is 625 Å². The minimum absolute atomic E-state index is 0.0149. The van der Waals surface area contributed by atoms with Gasteiger partial charge in [0, 0.05) is 146 Å². The van der Waals surface area contributed by atoms with Crippen LogP contribution in [0.5, 0.6) is 34.5 Å². The predicted molar refractivity (Wildman–Crippen MR) is 388 cm³/mol. The van der Waals surface area contributed by atoms with E-state index in [0.29, 0.717) is 61.2 Å². The van der Waals surface area contributed by atoms with Gasteiger partial charge in [-0.1, -0.05) is 36.4 Å². The summed E-state index contributed by atoms with van der Waals surface area (Å²) < 4.78 is 161. The van der Waals surface area contributed by atoms with E-state index >= 15 is 0 Å². The Balaban J connectivity index is 0.000000106. The molecule has 0 radical (unpaired) electrons. The van der Waals surface area contributed by atoms with Gasteiger partial charge < -0.3 is 43.7 Å². The van der Waals surface area contributed by atoms with Crippen LogP contribution in [0.4, 0.5) is 13.2 Å². The Morgan fingerprint density at radius 3 is 1.12 bits per heavy atom. The molecule has 21 aliphatic rings. The monoisotopic (exact) mass is 1540 g/mol. The molecule has 12 saturated carbocycles. The molecule has 4 aromatic carbocycles. The van der Waals surface area contributed by atoms with Crippen LogP contribution in [0.15, 0.2) is 71.6 Å². The molecule has 15 aliphatic carbocycles. The lowest BCUT2D eigenvalue weighted by molar-refractivity contribution is -0.275. The second-order valence-corrected chi connectivity index (χ2v) is 41.6. The van der Waals surface area contributed by atoms with E-state index in [4.69, 9.17) is 28.4 Å². The molecular weight excluding hydrogens is 1440 g/mol. The lowest BCUT2D eigenvalue weighted by Gasteiger charge is -2.74. The first kappa shape index (κ1) is 71.0. The highest BCUT2D eigenvalue weighted by molar-refractivity contribution is 7.90. The summed E-state index contributed by atoms with van der Waals surface area (Å²) in [6.07, 6.45) is 21.3. The lowest BCUT2D eigenvalue weighted by atomic mass is 9.35. The highest BCUT2D eigenvalue weighted by atomic mass is 32.2. The van der Waals surface area contributed by atoms with Gasteiger partial charge in [0.05, 0.1) is 11.2 Å². The molecule has 0 aromatic heterocycles. The van der Waals surface area contributed by atoms with Crippen LogP contribution in [0.1, 0.15) is 149 Å². The van der Waals surface area contributed by atoms with Crippen LogP contribution in [-0.2, 0) is 79.8 Å². The Kier molecular flexibility index (Phi) is 15.6. The van der Waals surface area contributed by atoms with Crippen molar-refractivity contribution in [3.05, 3.63) is 100 Å². The first-order valence-electron chi connectivity index (χ1n) is 39.6. The summed E-state index contributed by atoms with van der Waals surface area (Å²) in [6.45, 7) is 6.69. The molecule has 3 saturated heterocycles. The summed E-state index contributed by atoms with van der Waals surface area (Å²) in [5, 5.41) is 32.6. The molecule has 6 spiro atoms. The lowest BCUT2D eigenvalue weighted by Crippen LogP contribution is -2.81. The number of sulfonamides is 3. The summed E-state index contributed by atoms with van der Waals surface area (Å²) >= 11 is 0. The van der Waals surface area contributed by atoms with E-state index < -0.39 is 69.8 Å². The number of nitrogens with one attached hydrogen (secondary N) is 3. The Bertz CT molecular complexity index is 4710. The van der Waals surface area contributed by atoms with Crippen molar-refractivity contribution in [3.63, 3.8) is 0 Å². The highest BCUT2D eigenvalue weighted by Gasteiger charge is 2.84. The van der Waals surface area contributed by atoms with Crippen molar-refractivity contribution in [1.82, 2.24) is 28.9 Å². The maximum absolute atomic E-state index is 13.2. The number of phenols is 3. The fourth-order valence-electron chi connectivity index (χ4n) is 27.8. The standard InChI is InChI=1S/C30H36N2O5S.C25H31F3N2O5S.C25H34N2O5S/c1-36-30-12-11-28(16-21(30)17-31-38(34,35)22-5-3-2-4-6-22)24-15-20-9-10-23(33)26-25(20)29(28,27(30)37-26)13-14-32(24)18-19-7-8-19;1-34-24-7-6-22(11-16(24)12-29-36(32,33)25(26,27)28)18-10-15-4-5-17(31)20-19(15)23(22,21(24)35-20)8-9-30(18)13-14-2-3-14;1-31-25-8-7-23(12-17(25)13-26-33(2,29)30)19-11-16-5-6-18(28)21-20(16)24(23,22(25)32-21)9-10-27(19)14-15-3-4-15/h2-6,9-10,19,21,24,27,31,33H,7-8,11-18H2,1H3;4-5,14,16,18,21,29,31H,2-3,6-13H2,1H3;5-6,15,17,19,22,26,28H,3-4,7-14H2,1-2H3/t21-,24-,27?,28-,29+,30-;16-,18-,21?,22-,23+,24-;17-,19-,22?,23-,24+,25-/m111/s1. The quantitative estimate of drug-likeness (QED) is 0.0512. The van der Waals surface area contributed by atoms with Crippen LogP contribution >= 0.6 is 0 Å². The van der Waals surface area contributed by atoms with Crippen molar-refractivity contribution in [3.8, 4) is 34.5 Å². The van der Waals surface area contributed by atoms with Crippen molar-refractivity contribution in [1.29, 1.82) is 0 Å². The number of phenolic OH excluding ortho intramolecular Hbond substituents is 3. The third-order valence-corrected chi connectivity index (χ3v) is 35.7. The third-order valence-electron chi connectivity index (χ3n) is 32.4. The molecule has 3 unspecified atom stereocenters. The normalized spacial score (nSPS) is 40.6. The topological polar surface area (TPSA) is 264 Å². The van der Waals surface area contributed by atoms with Gasteiger partial charge in [0.2, 0.25) is 20.0 Å². The number of nitrogens with zero attached hydrogens (tertiary/aromatic N) is 3. The molecule has 6 aliphatic heterocycles. The fraction of sp³-hybridized carbons (Fsp3) is 0.700. The number of fused-ring (bicyclic) bond motifs is 6. The first-order valence-corrected chi connectivity index (χ1v) is 44.4. The number of aromatic hydroxyl groups is 3. The third kappa shape index (κ3) is 9.42. The molecule has 21 nitrogen and oxygen atoms in total. The van der Waals surface area contributed by atoms with Crippen molar-refractivity contribution in [2.45, 2.75) is 215 Å². The number of ether oxygens (including phenoxy) is 6. The minimum Gasteiger partial charge on any atom is -0.504 e. The Morgan fingerprint density at radius 2 is 0.804 bits per heavy atom. The smallest absolute Gasteiger partial charge is 0.504 e. The zero-order chi connectivity index (χ0) is 74.0. The summed E-state index contributed by atoms with van der Waals surface area (Å²) in [5.41, 5.74) is -1.26. The molecule has 6 N–H and O–H groups in total. The summed E-state index contributed by atoms with van der Waals surface area (Å²) in [4.78, 5) is 8.41. The second kappa shape index (κ2) is 23.6. The SMILES string of the molecule is CO[C@]12CC[C@@]3(C[C@@H]1CNS(=O)(=O)C(F)(F)F)[C@H]1Cc4ccc(O)c5c4[C@@]3(CCN1CC1CC1)C2O5.CO[C@]12CC[C@@]3(C[C@@H]1CNS(=O)(=O)c1ccccc1)[C@H]1Cc4ccc(O)c5c4[C@@]3(CCN1CC1CC1)C2O5.CO[C@]12CC[C@@]3(C[C@@H]1CNS(C)(=O)=O)[C@H]1Cc4ccc(O)c5c4[C@@]3(CCN1CC1CC1)C2O5. The average molecular weight is 1540 g/mol. The molecule has 25 rings (SSSR count). The van der Waals surface area contributed by atoms with Gasteiger partial charge in [-0.15, -0.1) is 0 Å². The number of hydrogen-bond donors (Lipinski definition) is 6. The van der Waals surface area contributed by atoms with Crippen LogP contribution < -0.4 is 28.4 Å². The van der Waals surface area contributed by atoms with E-state index in [2.05, 4.69) is 36.3 Å².